The molecule has 0 spiro atoms. The van der Waals surface area contributed by atoms with E-state index in [2.05, 4.69) is 17.2 Å². The highest BCUT2D eigenvalue weighted by atomic mass is 35.5. The van der Waals surface area contributed by atoms with E-state index in [1.807, 2.05) is 12.1 Å². The summed E-state index contributed by atoms with van der Waals surface area (Å²) in [5.74, 6) is 0. The maximum absolute atomic E-state index is 5.94. The van der Waals surface area contributed by atoms with Gasteiger partial charge in [0.2, 0.25) is 0 Å². The molecule has 0 saturated carbocycles. The first-order valence-corrected chi connectivity index (χ1v) is 5.52. The van der Waals surface area contributed by atoms with Gasteiger partial charge < -0.3 is 5.73 Å². The van der Waals surface area contributed by atoms with Crippen molar-refractivity contribution >= 4 is 33.0 Å². The van der Waals surface area contributed by atoms with Crippen molar-refractivity contribution in [3.63, 3.8) is 0 Å². The van der Waals surface area contributed by atoms with Crippen LogP contribution in [-0.2, 0) is 6.42 Å². The molecule has 0 aliphatic carbocycles. The summed E-state index contributed by atoms with van der Waals surface area (Å²) in [7, 11) is 0. The molecule has 2 aromatic rings. The predicted molar refractivity (Wildman–Crippen MR) is 58.3 cm³/mol. The van der Waals surface area contributed by atoms with E-state index in [4.69, 9.17) is 11.6 Å². The Morgan fingerprint density at radius 2 is 2.23 bits per heavy atom. The SMILES string of the molecule is [NH3+]CCc1csc2ccc(Cl)cc12. The Bertz CT molecular complexity index is 422. The lowest BCUT2D eigenvalue weighted by atomic mass is 10.1. The number of hydrogen-bond acceptors (Lipinski definition) is 1. The maximum Gasteiger partial charge on any atom is 0.0781 e. The van der Waals surface area contributed by atoms with E-state index in [1.165, 1.54) is 15.6 Å². The molecule has 0 amide bonds. The molecule has 0 fully saturated rings. The van der Waals surface area contributed by atoms with E-state index in [1.54, 1.807) is 11.3 Å². The molecule has 0 atom stereocenters. The van der Waals surface area contributed by atoms with Crippen LogP contribution in [0.2, 0.25) is 5.02 Å². The van der Waals surface area contributed by atoms with Crippen LogP contribution < -0.4 is 5.73 Å². The summed E-state index contributed by atoms with van der Waals surface area (Å²) in [5.41, 5.74) is 5.23. The highest BCUT2D eigenvalue weighted by Gasteiger charge is 2.03. The fraction of sp³-hybridized carbons (Fsp3) is 0.200. The fourth-order valence-corrected chi connectivity index (χ4v) is 2.59. The summed E-state index contributed by atoms with van der Waals surface area (Å²) in [6.07, 6.45) is 1.04. The molecule has 0 unspecified atom stereocenters. The smallest absolute Gasteiger partial charge is 0.0781 e. The van der Waals surface area contributed by atoms with Crippen molar-refractivity contribution in [3.8, 4) is 0 Å². The Morgan fingerprint density at radius 1 is 1.38 bits per heavy atom. The van der Waals surface area contributed by atoms with Gasteiger partial charge in [0.1, 0.15) is 0 Å². The standard InChI is InChI=1S/C10H10ClNS/c11-8-1-2-10-9(5-8)7(3-4-12)6-13-10/h1-2,5-6H,3-4,12H2/p+1. The van der Waals surface area contributed by atoms with Gasteiger partial charge in [-0.15, -0.1) is 11.3 Å². The molecule has 1 aromatic heterocycles. The highest BCUT2D eigenvalue weighted by molar-refractivity contribution is 7.17. The third-order valence-electron chi connectivity index (χ3n) is 2.06. The zero-order valence-electron chi connectivity index (χ0n) is 7.22. The van der Waals surface area contributed by atoms with Gasteiger partial charge in [-0.2, -0.15) is 0 Å². The number of thiophene rings is 1. The zero-order chi connectivity index (χ0) is 9.26. The normalized spacial score (nSPS) is 10.9. The predicted octanol–water partition coefficient (Wildman–Crippen LogP) is 2.34. The summed E-state index contributed by atoms with van der Waals surface area (Å²) < 4.78 is 1.31. The van der Waals surface area contributed by atoms with Crippen LogP contribution in [-0.4, -0.2) is 6.54 Å². The van der Waals surface area contributed by atoms with E-state index in [9.17, 15) is 0 Å². The summed E-state index contributed by atoms with van der Waals surface area (Å²) >= 11 is 7.71. The van der Waals surface area contributed by atoms with E-state index in [0.717, 1.165) is 18.0 Å². The minimum Gasteiger partial charge on any atom is -0.357 e. The van der Waals surface area contributed by atoms with E-state index in [0.29, 0.717) is 0 Å². The van der Waals surface area contributed by atoms with Gasteiger partial charge in [0, 0.05) is 16.1 Å². The Hall–Kier alpha value is -0.570. The lowest BCUT2D eigenvalue weighted by molar-refractivity contribution is -0.366. The number of quaternary nitrogens is 1. The van der Waals surface area contributed by atoms with Crippen molar-refractivity contribution in [2.45, 2.75) is 6.42 Å². The summed E-state index contributed by atoms with van der Waals surface area (Å²) in [5, 5.41) is 4.31. The molecule has 68 valence electrons. The maximum atomic E-state index is 5.94. The van der Waals surface area contributed by atoms with Gasteiger partial charge in [0.05, 0.1) is 6.54 Å². The number of hydrogen-bond donors (Lipinski definition) is 1. The summed E-state index contributed by atoms with van der Waals surface area (Å²) in [6, 6.07) is 6.06. The molecule has 0 aliphatic rings. The van der Waals surface area contributed by atoms with Gasteiger partial charge in [-0.25, -0.2) is 0 Å². The quantitative estimate of drug-likeness (QED) is 0.792. The summed E-state index contributed by atoms with van der Waals surface area (Å²) in [6.45, 7) is 0.943. The Balaban J connectivity index is 2.58. The third kappa shape index (κ3) is 1.70. The first-order valence-electron chi connectivity index (χ1n) is 4.26. The van der Waals surface area contributed by atoms with Crippen molar-refractivity contribution in [3.05, 3.63) is 34.2 Å². The van der Waals surface area contributed by atoms with Crippen LogP contribution in [0.25, 0.3) is 10.1 Å². The molecular weight excluding hydrogens is 202 g/mol. The molecule has 1 heterocycles. The minimum atomic E-state index is 0.816. The topological polar surface area (TPSA) is 27.6 Å². The number of fused-ring (bicyclic) bond motifs is 1. The van der Waals surface area contributed by atoms with Crippen LogP contribution in [0.4, 0.5) is 0 Å². The largest absolute Gasteiger partial charge is 0.357 e. The van der Waals surface area contributed by atoms with Crippen LogP contribution in [0.3, 0.4) is 0 Å². The van der Waals surface area contributed by atoms with Gasteiger partial charge in [0.15, 0.2) is 0 Å². The zero-order valence-corrected chi connectivity index (χ0v) is 8.79. The van der Waals surface area contributed by atoms with Gasteiger partial charge in [0.25, 0.3) is 0 Å². The number of halogens is 1. The van der Waals surface area contributed by atoms with E-state index >= 15 is 0 Å². The second-order valence-corrected chi connectivity index (χ2v) is 4.35. The number of benzene rings is 1. The van der Waals surface area contributed by atoms with Crippen LogP contribution in [0.5, 0.6) is 0 Å². The van der Waals surface area contributed by atoms with E-state index in [-0.39, 0.29) is 0 Å². The lowest BCUT2D eigenvalue weighted by Gasteiger charge is -1.95. The Labute approximate surface area is 86.1 Å². The number of rotatable bonds is 2. The van der Waals surface area contributed by atoms with Gasteiger partial charge in [-0.3, -0.25) is 0 Å². The molecule has 2 rings (SSSR count). The van der Waals surface area contributed by atoms with Gasteiger partial charge in [-0.1, -0.05) is 11.6 Å². The van der Waals surface area contributed by atoms with Crippen LogP contribution in [0, 0.1) is 0 Å². The van der Waals surface area contributed by atoms with Crippen LogP contribution in [0.1, 0.15) is 5.56 Å². The molecule has 0 aliphatic heterocycles. The first-order chi connectivity index (χ1) is 6.31. The monoisotopic (exact) mass is 212 g/mol. The molecule has 3 heteroatoms. The van der Waals surface area contributed by atoms with E-state index < -0.39 is 0 Å². The highest BCUT2D eigenvalue weighted by Crippen LogP contribution is 2.28. The van der Waals surface area contributed by atoms with Crippen molar-refractivity contribution in [2.24, 2.45) is 0 Å². The average Bonchev–Trinajstić information content (AvgIpc) is 2.49. The first kappa shape index (κ1) is 9.00. The van der Waals surface area contributed by atoms with Crippen LogP contribution >= 0.6 is 22.9 Å². The molecule has 0 saturated heterocycles. The fourth-order valence-electron chi connectivity index (χ4n) is 1.44. The Kier molecular flexibility index (Phi) is 2.54. The van der Waals surface area contributed by atoms with Crippen molar-refractivity contribution < 1.29 is 5.73 Å². The molecule has 3 N–H and O–H groups in total. The molecule has 1 aromatic carbocycles. The lowest BCUT2D eigenvalue weighted by Crippen LogP contribution is -2.51. The molecular formula is C10H11ClNS+. The van der Waals surface area contributed by atoms with Gasteiger partial charge >= 0.3 is 0 Å². The third-order valence-corrected chi connectivity index (χ3v) is 3.31. The second kappa shape index (κ2) is 3.66. The molecule has 0 radical (unpaired) electrons. The van der Waals surface area contributed by atoms with Crippen molar-refractivity contribution in [1.82, 2.24) is 0 Å². The van der Waals surface area contributed by atoms with Crippen molar-refractivity contribution in [1.29, 1.82) is 0 Å². The minimum absolute atomic E-state index is 0.816. The average molecular weight is 213 g/mol. The second-order valence-electron chi connectivity index (χ2n) is 3.00. The summed E-state index contributed by atoms with van der Waals surface area (Å²) in [4.78, 5) is 0. The molecule has 13 heavy (non-hydrogen) atoms. The Morgan fingerprint density at radius 3 is 3.00 bits per heavy atom. The van der Waals surface area contributed by atoms with Crippen molar-refractivity contribution in [2.75, 3.05) is 6.54 Å². The molecule has 0 bridgehead atoms. The molecule has 1 nitrogen and oxygen atoms in total. The van der Waals surface area contributed by atoms with Crippen LogP contribution in [0.15, 0.2) is 23.6 Å². The van der Waals surface area contributed by atoms with Gasteiger partial charge in [-0.05, 0) is 34.5 Å².